The fourth-order valence-electron chi connectivity index (χ4n) is 0.892. The van der Waals surface area contributed by atoms with E-state index < -0.39 is 0 Å². The van der Waals surface area contributed by atoms with Gasteiger partial charge in [-0.2, -0.15) is 0 Å². The maximum atomic E-state index is 11.7. The van der Waals surface area contributed by atoms with Gasteiger partial charge in [0.05, 0.1) is 11.4 Å². The Morgan fingerprint density at radius 1 is 1.62 bits per heavy atom. The first-order chi connectivity index (χ1) is 7.52. The van der Waals surface area contributed by atoms with Gasteiger partial charge in [-0.05, 0) is 26.8 Å². The van der Waals surface area contributed by atoms with Crippen molar-refractivity contribution >= 4 is 30.2 Å². The van der Waals surface area contributed by atoms with Crippen LogP contribution >= 0.6 is 11.8 Å². The number of hydrogen-bond acceptors (Lipinski definition) is 4. The van der Waals surface area contributed by atoms with Gasteiger partial charge in [-0.3, -0.25) is 14.8 Å². The van der Waals surface area contributed by atoms with Crippen LogP contribution in [0.25, 0.3) is 0 Å². The molecule has 3 N–H and O–H groups in total. The number of amides is 1. The van der Waals surface area contributed by atoms with E-state index in [4.69, 9.17) is 5.73 Å². The lowest BCUT2D eigenvalue weighted by Crippen LogP contribution is -2.35. The van der Waals surface area contributed by atoms with E-state index in [0.29, 0.717) is 5.88 Å². The van der Waals surface area contributed by atoms with Crippen LogP contribution in [-0.2, 0) is 4.79 Å². The standard InChI is InChI=1S/C10H18N4OS/c1-7(2)14-10(15)8(5-12-3)9(11)13-6-16-4/h5,7H,3,6H2,1-2,4H3,(H2,11,13)(H,14,15)/b8-5+. The molecule has 0 atom stereocenters. The van der Waals surface area contributed by atoms with E-state index in [-0.39, 0.29) is 23.4 Å². The Morgan fingerprint density at radius 3 is 2.69 bits per heavy atom. The average molecular weight is 242 g/mol. The van der Waals surface area contributed by atoms with E-state index in [1.165, 1.54) is 18.0 Å². The van der Waals surface area contributed by atoms with Crippen molar-refractivity contribution in [3.63, 3.8) is 0 Å². The van der Waals surface area contributed by atoms with Crippen molar-refractivity contribution in [2.75, 3.05) is 12.1 Å². The zero-order valence-electron chi connectivity index (χ0n) is 9.86. The van der Waals surface area contributed by atoms with Crippen molar-refractivity contribution in [1.29, 1.82) is 0 Å². The molecule has 0 aromatic carbocycles. The molecule has 0 aromatic heterocycles. The first-order valence-corrected chi connectivity index (χ1v) is 6.18. The second-order valence-electron chi connectivity index (χ2n) is 3.31. The number of carbonyl (C=O) groups is 1. The molecule has 0 radical (unpaired) electrons. The van der Waals surface area contributed by atoms with Crippen LogP contribution in [0.1, 0.15) is 13.8 Å². The molecular weight excluding hydrogens is 224 g/mol. The van der Waals surface area contributed by atoms with Crippen molar-refractivity contribution in [2.45, 2.75) is 19.9 Å². The quantitative estimate of drug-likeness (QED) is 0.410. The van der Waals surface area contributed by atoms with Crippen LogP contribution in [0.2, 0.25) is 0 Å². The van der Waals surface area contributed by atoms with E-state index in [9.17, 15) is 4.79 Å². The number of nitrogens with two attached hydrogens (primary N) is 1. The molecule has 0 aliphatic carbocycles. The summed E-state index contributed by atoms with van der Waals surface area (Å²) < 4.78 is 0. The van der Waals surface area contributed by atoms with E-state index >= 15 is 0 Å². The molecule has 0 rings (SSSR count). The summed E-state index contributed by atoms with van der Waals surface area (Å²) in [5.74, 6) is 0.402. The van der Waals surface area contributed by atoms with Gasteiger partial charge in [0.1, 0.15) is 5.84 Å². The lowest BCUT2D eigenvalue weighted by Gasteiger charge is -2.10. The van der Waals surface area contributed by atoms with E-state index in [1.54, 1.807) is 0 Å². The Hall–Kier alpha value is -1.30. The molecule has 16 heavy (non-hydrogen) atoms. The van der Waals surface area contributed by atoms with Gasteiger partial charge in [0.2, 0.25) is 0 Å². The maximum Gasteiger partial charge on any atom is 0.256 e. The molecule has 6 heteroatoms. The monoisotopic (exact) mass is 242 g/mol. The molecule has 1 amide bonds. The lowest BCUT2D eigenvalue weighted by atomic mass is 10.2. The number of nitrogens with one attached hydrogen (secondary N) is 1. The third-order valence-corrected chi connectivity index (χ3v) is 1.91. The first kappa shape index (κ1) is 14.7. The second kappa shape index (κ2) is 7.92. The minimum atomic E-state index is -0.287. The molecule has 0 saturated heterocycles. The summed E-state index contributed by atoms with van der Waals surface area (Å²) in [5.41, 5.74) is 5.93. The van der Waals surface area contributed by atoms with Crippen LogP contribution in [0.3, 0.4) is 0 Å². The SMILES string of the molecule is C=N/C=C(C(=O)NC(C)C)\C(N)=N/CSC. The maximum absolute atomic E-state index is 11.7. The fraction of sp³-hybridized carbons (Fsp3) is 0.500. The Balaban J connectivity index is 4.81. The third kappa shape index (κ3) is 5.55. The highest BCUT2D eigenvalue weighted by Crippen LogP contribution is 2.00. The molecule has 0 aliphatic heterocycles. The van der Waals surface area contributed by atoms with Crippen molar-refractivity contribution < 1.29 is 4.79 Å². The zero-order chi connectivity index (χ0) is 12.6. The van der Waals surface area contributed by atoms with E-state index in [0.717, 1.165) is 0 Å². The van der Waals surface area contributed by atoms with Gasteiger partial charge in [-0.25, -0.2) is 0 Å². The number of nitrogens with zero attached hydrogens (tertiary/aromatic N) is 2. The predicted molar refractivity (Wildman–Crippen MR) is 70.9 cm³/mol. The number of carbonyl (C=O) groups excluding carboxylic acids is 1. The van der Waals surface area contributed by atoms with E-state index in [2.05, 4.69) is 22.0 Å². The number of amidine groups is 1. The Kier molecular flexibility index (Phi) is 7.28. The van der Waals surface area contributed by atoms with Crippen molar-refractivity contribution in [1.82, 2.24) is 5.32 Å². The highest BCUT2D eigenvalue weighted by Gasteiger charge is 2.13. The largest absolute Gasteiger partial charge is 0.383 e. The summed E-state index contributed by atoms with van der Waals surface area (Å²) in [5, 5.41) is 2.72. The van der Waals surface area contributed by atoms with Crippen LogP contribution < -0.4 is 11.1 Å². The third-order valence-electron chi connectivity index (χ3n) is 1.52. The molecule has 0 heterocycles. The topological polar surface area (TPSA) is 79.8 Å². The molecule has 0 saturated carbocycles. The van der Waals surface area contributed by atoms with Crippen molar-refractivity contribution in [3.05, 3.63) is 11.8 Å². The number of aliphatic imine (C=N–C) groups is 2. The Labute approximate surface area is 100 Å². The Bertz CT molecular complexity index is 310. The lowest BCUT2D eigenvalue weighted by molar-refractivity contribution is -0.117. The minimum Gasteiger partial charge on any atom is -0.383 e. The Morgan fingerprint density at radius 2 is 2.25 bits per heavy atom. The van der Waals surface area contributed by atoms with Crippen LogP contribution in [0.4, 0.5) is 0 Å². The van der Waals surface area contributed by atoms with Crippen LogP contribution in [0, 0.1) is 0 Å². The molecule has 0 bridgehead atoms. The van der Waals surface area contributed by atoms with E-state index in [1.807, 2.05) is 20.1 Å². The van der Waals surface area contributed by atoms with Gasteiger partial charge < -0.3 is 11.1 Å². The number of thioether (sulfide) groups is 1. The first-order valence-electron chi connectivity index (χ1n) is 4.79. The smallest absolute Gasteiger partial charge is 0.256 e. The molecule has 90 valence electrons. The molecule has 0 aliphatic rings. The summed E-state index contributed by atoms with van der Waals surface area (Å²) in [6, 6.07) is 0.0362. The van der Waals surface area contributed by atoms with Gasteiger partial charge in [0.25, 0.3) is 5.91 Å². The summed E-state index contributed by atoms with van der Waals surface area (Å²) in [4.78, 5) is 19.3. The van der Waals surface area contributed by atoms with Gasteiger partial charge in [-0.15, -0.1) is 11.8 Å². The van der Waals surface area contributed by atoms with Crippen molar-refractivity contribution in [3.8, 4) is 0 Å². The zero-order valence-corrected chi connectivity index (χ0v) is 10.7. The highest BCUT2D eigenvalue weighted by molar-refractivity contribution is 7.98. The van der Waals surface area contributed by atoms with Crippen LogP contribution in [0.5, 0.6) is 0 Å². The van der Waals surface area contributed by atoms with Gasteiger partial charge in [0.15, 0.2) is 0 Å². The fourth-order valence-corrected chi connectivity index (χ4v) is 1.16. The predicted octanol–water partition coefficient (Wildman–Crippen LogP) is 0.773. The van der Waals surface area contributed by atoms with Crippen LogP contribution in [0.15, 0.2) is 21.8 Å². The number of rotatable bonds is 6. The van der Waals surface area contributed by atoms with Crippen molar-refractivity contribution in [2.24, 2.45) is 15.7 Å². The minimum absolute atomic E-state index is 0.0362. The number of hydrogen-bond donors (Lipinski definition) is 2. The highest BCUT2D eigenvalue weighted by atomic mass is 32.2. The molecule has 0 aromatic rings. The average Bonchev–Trinajstić information content (AvgIpc) is 2.21. The van der Waals surface area contributed by atoms with Gasteiger partial charge in [0, 0.05) is 12.2 Å². The molecular formula is C10H18N4OS. The van der Waals surface area contributed by atoms with Crippen LogP contribution in [-0.4, -0.2) is 36.6 Å². The van der Waals surface area contributed by atoms with Gasteiger partial charge in [-0.1, -0.05) is 0 Å². The molecule has 0 spiro atoms. The normalized spacial score (nSPS) is 12.8. The summed E-state index contributed by atoms with van der Waals surface area (Å²) in [6.07, 6.45) is 3.22. The molecule has 0 unspecified atom stereocenters. The molecule has 5 nitrogen and oxygen atoms in total. The molecule has 0 fully saturated rings. The summed E-state index contributed by atoms with van der Waals surface area (Å²) in [6.45, 7) is 7.04. The second-order valence-corrected chi connectivity index (χ2v) is 4.15. The summed E-state index contributed by atoms with van der Waals surface area (Å²) in [7, 11) is 0. The summed E-state index contributed by atoms with van der Waals surface area (Å²) >= 11 is 1.52. The van der Waals surface area contributed by atoms with Gasteiger partial charge >= 0.3 is 0 Å².